The summed E-state index contributed by atoms with van der Waals surface area (Å²) in [5.41, 5.74) is 6.93. The number of hydrogen-bond donors (Lipinski definition) is 1. The minimum absolute atomic E-state index is 0.239. The van der Waals surface area contributed by atoms with Gasteiger partial charge in [-0.25, -0.2) is 4.39 Å². The number of aromatic nitrogens is 2. The van der Waals surface area contributed by atoms with Crippen molar-refractivity contribution < 1.29 is 8.81 Å². The zero-order valence-electron chi connectivity index (χ0n) is 10.8. The molecular formula is C13H16FN3OS. The normalized spacial score (nSPS) is 12.9. The molecule has 2 N–H and O–H groups in total. The monoisotopic (exact) mass is 281 g/mol. The highest BCUT2D eigenvalue weighted by molar-refractivity contribution is 7.98. The quantitative estimate of drug-likeness (QED) is 0.853. The molecule has 6 heteroatoms. The molecular weight excluding hydrogens is 265 g/mol. The Labute approximate surface area is 115 Å². The van der Waals surface area contributed by atoms with E-state index in [9.17, 15) is 4.39 Å². The lowest BCUT2D eigenvalue weighted by atomic mass is 10.1. The number of thioether (sulfide) groups is 1. The molecule has 0 saturated carbocycles. The maximum atomic E-state index is 12.8. The molecule has 0 bridgehead atoms. The van der Waals surface area contributed by atoms with Gasteiger partial charge in [-0.05, 0) is 23.6 Å². The average Bonchev–Trinajstić information content (AvgIpc) is 2.86. The number of nitrogens with two attached hydrogens (primary N) is 1. The van der Waals surface area contributed by atoms with E-state index in [-0.39, 0.29) is 17.8 Å². The lowest BCUT2D eigenvalue weighted by Gasteiger charge is -2.09. The first kappa shape index (κ1) is 14.0. The molecule has 0 unspecified atom stereocenters. The van der Waals surface area contributed by atoms with Gasteiger partial charge < -0.3 is 10.2 Å². The van der Waals surface area contributed by atoms with E-state index in [4.69, 9.17) is 10.2 Å². The van der Waals surface area contributed by atoms with E-state index in [1.807, 2.05) is 13.8 Å². The Bertz CT molecular complexity index is 527. The van der Waals surface area contributed by atoms with E-state index in [1.165, 1.54) is 23.9 Å². The van der Waals surface area contributed by atoms with Crippen LogP contribution in [0, 0.1) is 11.7 Å². The fourth-order valence-electron chi connectivity index (χ4n) is 1.42. The Morgan fingerprint density at radius 3 is 2.58 bits per heavy atom. The van der Waals surface area contributed by atoms with Gasteiger partial charge in [0.2, 0.25) is 5.89 Å². The van der Waals surface area contributed by atoms with Crippen LogP contribution in [0.2, 0.25) is 0 Å². The molecule has 19 heavy (non-hydrogen) atoms. The van der Waals surface area contributed by atoms with E-state index < -0.39 is 0 Å². The van der Waals surface area contributed by atoms with Crippen molar-refractivity contribution in [3.8, 4) is 0 Å². The first-order valence-corrected chi connectivity index (χ1v) is 7.01. The summed E-state index contributed by atoms with van der Waals surface area (Å²) in [5.74, 6) is 1.11. The number of hydrogen-bond acceptors (Lipinski definition) is 5. The van der Waals surface area contributed by atoms with Gasteiger partial charge >= 0.3 is 0 Å². The zero-order valence-corrected chi connectivity index (χ0v) is 11.7. The van der Waals surface area contributed by atoms with Crippen molar-refractivity contribution in [1.82, 2.24) is 10.2 Å². The molecule has 2 rings (SSSR count). The van der Waals surface area contributed by atoms with Crippen molar-refractivity contribution in [1.29, 1.82) is 0 Å². The van der Waals surface area contributed by atoms with Crippen molar-refractivity contribution >= 4 is 11.8 Å². The van der Waals surface area contributed by atoms with Crippen LogP contribution in [0.15, 0.2) is 33.9 Å². The van der Waals surface area contributed by atoms with E-state index in [2.05, 4.69) is 10.2 Å². The third kappa shape index (κ3) is 3.78. The summed E-state index contributed by atoms with van der Waals surface area (Å²) in [5, 5.41) is 8.37. The molecule has 0 saturated heterocycles. The van der Waals surface area contributed by atoms with Crippen LogP contribution in [-0.2, 0) is 5.75 Å². The highest BCUT2D eigenvalue weighted by Crippen LogP contribution is 2.25. The lowest BCUT2D eigenvalue weighted by Crippen LogP contribution is -2.16. The third-order valence-corrected chi connectivity index (χ3v) is 3.59. The Kier molecular flexibility index (Phi) is 4.55. The molecule has 0 amide bonds. The van der Waals surface area contributed by atoms with E-state index in [0.29, 0.717) is 16.9 Å². The largest absolute Gasteiger partial charge is 0.414 e. The summed E-state index contributed by atoms with van der Waals surface area (Å²) in [7, 11) is 0. The Morgan fingerprint density at radius 2 is 1.95 bits per heavy atom. The molecule has 0 fully saturated rings. The maximum Gasteiger partial charge on any atom is 0.276 e. The molecule has 2 aromatic rings. The lowest BCUT2D eigenvalue weighted by molar-refractivity contribution is 0.349. The van der Waals surface area contributed by atoms with Gasteiger partial charge in [-0.15, -0.1) is 10.2 Å². The van der Waals surface area contributed by atoms with Crippen molar-refractivity contribution in [2.45, 2.75) is 30.9 Å². The van der Waals surface area contributed by atoms with E-state index in [0.717, 1.165) is 5.56 Å². The van der Waals surface area contributed by atoms with Crippen molar-refractivity contribution in [3.05, 3.63) is 41.5 Å². The minimum atomic E-state index is -0.243. The van der Waals surface area contributed by atoms with Gasteiger partial charge in [0, 0.05) is 5.75 Å². The second kappa shape index (κ2) is 6.16. The van der Waals surface area contributed by atoms with Gasteiger partial charge in [0.25, 0.3) is 5.22 Å². The molecule has 0 spiro atoms. The number of halogens is 1. The minimum Gasteiger partial charge on any atom is -0.414 e. The number of nitrogens with zero attached hydrogens (tertiary/aromatic N) is 2. The molecule has 0 aliphatic rings. The molecule has 0 aliphatic carbocycles. The Morgan fingerprint density at radius 1 is 1.26 bits per heavy atom. The van der Waals surface area contributed by atoms with E-state index in [1.54, 1.807) is 12.1 Å². The van der Waals surface area contributed by atoms with Gasteiger partial charge in [0.05, 0.1) is 6.04 Å². The molecule has 102 valence electrons. The number of rotatable bonds is 5. The van der Waals surface area contributed by atoms with Crippen molar-refractivity contribution in [2.75, 3.05) is 0 Å². The van der Waals surface area contributed by atoms with Crippen LogP contribution in [0.3, 0.4) is 0 Å². The Balaban J connectivity index is 1.95. The fourth-order valence-corrected chi connectivity index (χ4v) is 2.15. The topological polar surface area (TPSA) is 64.9 Å². The van der Waals surface area contributed by atoms with Gasteiger partial charge in [-0.3, -0.25) is 0 Å². The number of benzene rings is 1. The summed E-state index contributed by atoms with van der Waals surface area (Å²) in [6, 6.07) is 6.10. The molecule has 1 atom stereocenters. The smallest absolute Gasteiger partial charge is 0.276 e. The SMILES string of the molecule is CC(C)[C@H](N)c1nnc(SCc2ccc(F)cc2)o1. The van der Waals surface area contributed by atoms with Gasteiger partial charge in [0.1, 0.15) is 5.82 Å². The molecule has 1 aromatic carbocycles. The summed E-state index contributed by atoms with van der Waals surface area (Å²) >= 11 is 1.41. The highest BCUT2D eigenvalue weighted by Gasteiger charge is 2.17. The van der Waals surface area contributed by atoms with Crippen LogP contribution < -0.4 is 5.73 Å². The second-order valence-electron chi connectivity index (χ2n) is 4.59. The maximum absolute atomic E-state index is 12.8. The predicted octanol–water partition coefficient (Wildman–Crippen LogP) is 3.16. The summed E-state index contributed by atoms with van der Waals surface area (Å²) in [4.78, 5) is 0. The molecule has 0 radical (unpaired) electrons. The van der Waals surface area contributed by atoms with Crippen molar-refractivity contribution in [3.63, 3.8) is 0 Å². The first-order valence-electron chi connectivity index (χ1n) is 6.02. The first-order chi connectivity index (χ1) is 9.06. The highest BCUT2D eigenvalue weighted by atomic mass is 32.2. The van der Waals surface area contributed by atoms with E-state index >= 15 is 0 Å². The van der Waals surface area contributed by atoms with Gasteiger partial charge in [-0.2, -0.15) is 0 Å². The zero-order chi connectivity index (χ0) is 13.8. The second-order valence-corrected chi connectivity index (χ2v) is 5.52. The van der Waals surface area contributed by atoms with Crippen LogP contribution >= 0.6 is 11.8 Å². The van der Waals surface area contributed by atoms with Crippen LogP contribution in [0.1, 0.15) is 31.3 Å². The molecule has 1 aromatic heterocycles. The van der Waals surface area contributed by atoms with Crippen LogP contribution in [0.4, 0.5) is 4.39 Å². The molecule has 1 heterocycles. The Hall–Kier alpha value is -1.40. The standard InChI is InChI=1S/C13H16FN3OS/c1-8(2)11(15)12-16-17-13(18-12)19-7-9-3-5-10(14)6-4-9/h3-6,8,11H,7,15H2,1-2H3/t11-/m0/s1. The molecule has 0 aliphatic heterocycles. The third-order valence-electron chi connectivity index (χ3n) is 2.70. The predicted molar refractivity (Wildman–Crippen MR) is 72.0 cm³/mol. The fraction of sp³-hybridized carbons (Fsp3) is 0.385. The summed E-state index contributed by atoms with van der Waals surface area (Å²) in [6.45, 7) is 4.00. The summed E-state index contributed by atoms with van der Waals surface area (Å²) < 4.78 is 18.3. The van der Waals surface area contributed by atoms with Gasteiger partial charge in [-0.1, -0.05) is 37.7 Å². The summed E-state index contributed by atoms with van der Waals surface area (Å²) in [6.07, 6.45) is 0. The van der Waals surface area contributed by atoms with Crippen LogP contribution in [-0.4, -0.2) is 10.2 Å². The van der Waals surface area contributed by atoms with Crippen LogP contribution in [0.5, 0.6) is 0 Å². The van der Waals surface area contributed by atoms with Gasteiger partial charge in [0.15, 0.2) is 0 Å². The average molecular weight is 281 g/mol. The van der Waals surface area contributed by atoms with Crippen molar-refractivity contribution in [2.24, 2.45) is 11.7 Å². The molecule has 4 nitrogen and oxygen atoms in total. The van der Waals surface area contributed by atoms with Crippen LogP contribution in [0.25, 0.3) is 0 Å².